The first kappa shape index (κ1) is 11.6. The molecule has 1 amide bonds. The third-order valence-corrected chi connectivity index (χ3v) is 4.20. The van der Waals surface area contributed by atoms with Crippen molar-refractivity contribution in [3.63, 3.8) is 0 Å². The van der Waals surface area contributed by atoms with Gasteiger partial charge in [0.25, 0.3) is 5.91 Å². The van der Waals surface area contributed by atoms with Gasteiger partial charge in [0.1, 0.15) is 0 Å². The van der Waals surface area contributed by atoms with Crippen LogP contribution in [0.5, 0.6) is 0 Å². The highest BCUT2D eigenvalue weighted by molar-refractivity contribution is 7.13. The molecule has 1 aliphatic heterocycles. The van der Waals surface area contributed by atoms with Crippen LogP contribution in [0.3, 0.4) is 0 Å². The molecule has 4 heteroatoms. The molecule has 2 N–H and O–H groups in total. The fourth-order valence-corrected chi connectivity index (χ4v) is 2.89. The third-order valence-electron chi connectivity index (χ3n) is 3.21. The number of aryl methyl sites for hydroxylation is 1. The Hall–Kier alpha value is -0.870. The maximum Gasteiger partial charge on any atom is 0.263 e. The minimum absolute atomic E-state index is 0.164. The van der Waals surface area contributed by atoms with Gasteiger partial charge in [-0.25, -0.2) is 0 Å². The van der Waals surface area contributed by atoms with Crippen LogP contribution in [0.4, 0.5) is 0 Å². The molecule has 0 spiro atoms. The molecular formula is C12H18N2OS. The summed E-state index contributed by atoms with van der Waals surface area (Å²) in [5.41, 5.74) is 5.95. The highest BCUT2D eigenvalue weighted by Gasteiger charge is 2.27. The summed E-state index contributed by atoms with van der Waals surface area (Å²) in [6.07, 6.45) is 0.914. The lowest BCUT2D eigenvalue weighted by molar-refractivity contribution is 0.0669. The number of carbonyl (C=O) groups is 1. The van der Waals surface area contributed by atoms with E-state index in [4.69, 9.17) is 5.73 Å². The second kappa shape index (κ2) is 4.55. The van der Waals surface area contributed by atoms with E-state index < -0.39 is 0 Å². The van der Waals surface area contributed by atoms with Crippen LogP contribution < -0.4 is 5.73 Å². The van der Waals surface area contributed by atoms with E-state index in [-0.39, 0.29) is 11.9 Å². The van der Waals surface area contributed by atoms with Gasteiger partial charge < -0.3 is 10.6 Å². The highest BCUT2D eigenvalue weighted by atomic mass is 32.1. The highest BCUT2D eigenvalue weighted by Crippen LogP contribution is 2.21. The molecule has 0 radical (unpaired) electrons. The van der Waals surface area contributed by atoms with Crippen LogP contribution in [0.2, 0.25) is 0 Å². The summed E-state index contributed by atoms with van der Waals surface area (Å²) in [5, 5.41) is 0. The Kier molecular flexibility index (Phi) is 3.30. The average molecular weight is 238 g/mol. The zero-order valence-electron chi connectivity index (χ0n) is 9.77. The van der Waals surface area contributed by atoms with Crippen molar-refractivity contribution >= 4 is 17.2 Å². The predicted molar refractivity (Wildman–Crippen MR) is 66.7 cm³/mol. The Morgan fingerprint density at radius 1 is 1.56 bits per heavy atom. The lowest BCUT2D eigenvalue weighted by Crippen LogP contribution is -2.48. The first-order valence-corrected chi connectivity index (χ1v) is 6.51. The number of hydrogen-bond donors (Lipinski definition) is 1. The first-order valence-electron chi connectivity index (χ1n) is 5.69. The Balaban J connectivity index is 2.06. The smallest absolute Gasteiger partial charge is 0.263 e. The van der Waals surface area contributed by atoms with Crippen LogP contribution in [0.25, 0.3) is 0 Å². The van der Waals surface area contributed by atoms with E-state index in [1.165, 1.54) is 4.88 Å². The SMILES string of the molecule is Cc1ccc(C(=O)N2CCC(N)C(C)C2)s1. The van der Waals surface area contributed by atoms with Crippen molar-refractivity contribution in [2.45, 2.75) is 26.3 Å². The van der Waals surface area contributed by atoms with Crippen LogP contribution >= 0.6 is 11.3 Å². The number of likely N-dealkylation sites (tertiary alicyclic amines) is 1. The molecule has 0 aliphatic carbocycles. The number of nitrogens with two attached hydrogens (primary N) is 1. The normalized spacial score (nSPS) is 25.8. The lowest BCUT2D eigenvalue weighted by Gasteiger charge is -2.34. The molecule has 2 rings (SSSR count). The molecular weight excluding hydrogens is 220 g/mol. The van der Waals surface area contributed by atoms with E-state index in [1.54, 1.807) is 11.3 Å². The summed E-state index contributed by atoms with van der Waals surface area (Å²) in [6, 6.07) is 4.16. The monoisotopic (exact) mass is 238 g/mol. The summed E-state index contributed by atoms with van der Waals surface area (Å²) in [7, 11) is 0. The zero-order valence-corrected chi connectivity index (χ0v) is 10.6. The number of hydrogen-bond acceptors (Lipinski definition) is 3. The van der Waals surface area contributed by atoms with E-state index in [9.17, 15) is 4.79 Å². The zero-order chi connectivity index (χ0) is 11.7. The number of carbonyl (C=O) groups excluding carboxylic acids is 1. The Morgan fingerprint density at radius 3 is 2.88 bits per heavy atom. The molecule has 2 unspecified atom stereocenters. The topological polar surface area (TPSA) is 46.3 Å². The molecule has 0 aromatic carbocycles. The van der Waals surface area contributed by atoms with Gasteiger partial charge in [-0.3, -0.25) is 4.79 Å². The fraction of sp³-hybridized carbons (Fsp3) is 0.583. The number of thiophene rings is 1. The predicted octanol–water partition coefficient (Wildman–Crippen LogP) is 1.87. The van der Waals surface area contributed by atoms with E-state index in [0.717, 1.165) is 24.4 Å². The quantitative estimate of drug-likeness (QED) is 0.812. The average Bonchev–Trinajstić information content (AvgIpc) is 2.68. The molecule has 2 atom stereocenters. The van der Waals surface area contributed by atoms with Crippen molar-refractivity contribution in [3.05, 3.63) is 21.9 Å². The van der Waals surface area contributed by atoms with E-state index in [1.807, 2.05) is 24.0 Å². The summed E-state index contributed by atoms with van der Waals surface area (Å²) < 4.78 is 0. The number of amides is 1. The second-order valence-corrected chi connectivity index (χ2v) is 5.88. The number of piperidine rings is 1. The van der Waals surface area contributed by atoms with Crippen molar-refractivity contribution in [1.82, 2.24) is 4.90 Å². The lowest BCUT2D eigenvalue weighted by atomic mass is 9.95. The molecule has 1 saturated heterocycles. The maximum absolute atomic E-state index is 12.2. The van der Waals surface area contributed by atoms with Gasteiger partial charge in [0.2, 0.25) is 0 Å². The van der Waals surface area contributed by atoms with Crippen LogP contribution in [0.1, 0.15) is 27.9 Å². The van der Waals surface area contributed by atoms with Crippen molar-refractivity contribution in [3.8, 4) is 0 Å². The van der Waals surface area contributed by atoms with Crippen LogP contribution in [-0.2, 0) is 0 Å². The van der Waals surface area contributed by atoms with Crippen LogP contribution in [0, 0.1) is 12.8 Å². The van der Waals surface area contributed by atoms with E-state index in [2.05, 4.69) is 6.92 Å². The summed E-state index contributed by atoms with van der Waals surface area (Å²) in [6.45, 7) is 5.72. The molecule has 1 fully saturated rings. The van der Waals surface area contributed by atoms with Crippen molar-refractivity contribution in [2.75, 3.05) is 13.1 Å². The molecule has 16 heavy (non-hydrogen) atoms. The van der Waals surface area contributed by atoms with Gasteiger partial charge in [-0.2, -0.15) is 0 Å². The van der Waals surface area contributed by atoms with Gasteiger partial charge in [-0.15, -0.1) is 11.3 Å². The van der Waals surface area contributed by atoms with Gasteiger partial charge in [-0.1, -0.05) is 6.92 Å². The standard InChI is InChI=1S/C12H18N2OS/c1-8-7-14(6-5-10(8)13)12(15)11-4-3-9(2)16-11/h3-4,8,10H,5-7,13H2,1-2H3. The van der Waals surface area contributed by atoms with Crippen molar-refractivity contribution in [1.29, 1.82) is 0 Å². The molecule has 1 aromatic rings. The number of rotatable bonds is 1. The van der Waals surface area contributed by atoms with E-state index in [0.29, 0.717) is 5.92 Å². The van der Waals surface area contributed by atoms with Crippen molar-refractivity contribution in [2.24, 2.45) is 11.7 Å². The van der Waals surface area contributed by atoms with Crippen LogP contribution in [0.15, 0.2) is 12.1 Å². The van der Waals surface area contributed by atoms with Gasteiger partial charge in [-0.05, 0) is 31.4 Å². The van der Waals surface area contributed by atoms with Gasteiger partial charge >= 0.3 is 0 Å². The van der Waals surface area contributed by atoms with Gasteiger partial charge in [0, 0.05) is 24.0 Å². The van der Waals surface area contributed by atoms with Gasteiger partial charge in [0.05, 0.1) is 4.88 Å². The third kappa shape index (κ3) is 2.28. The first-order chi connectivity index (χ1) is 7.58. The molecule has 2 heterocycles. The molecule has 88 valence electrons. The molecule has 1 aromatic heterocycles. The second-order valence-electron chi connectivity index (χ2n) is 4.59. The maximum atomic E-state index is 12.2. The largest absolute Gasteiger partial charge is 0.338 e. The summed E-state index contributed by atoms with van der Waals surface area (Å²) >= 11 is 1.57. The molecule has 0 bridgehead atoms. The summed E-state index contributed by atoms with van der Waals surface area (Å²) in [5.74, 6) is 0.565. The van der Waals surface area contributed by atoms with E-state index >= 15 is 0 Å². The number of nitrogens with zero attached hydrogens (tertiary/aromatic N) is 1. The molecule has 1 aliphatic rings. The molecule has 0 saturated carbocycles. The Bertz CT molecular complexity index is 388. The summed E-state index contributed by atoms with van der Waals surface area (Å²) in [4.78, 5) is 16.1. The van der Waals surface area contributed by atoms with Gasteiger partial charge in [0.15, 0.2) is 0 Å². The Morgan fingerprint density at radius 2 is 2.31 bits per heavy atom. The Labute approximate surface area is 100 Å². The van der Waals surface area contributed by atoms with Crippen molar-refractivity contribution < 1.29 is 4.79 Å². The minimum Gasteiger partial charge on any atom is -0.338 e. The van der Waals surface area contributed by atoms with Crippen LogP contribution in [-0.4, -0.2) is 29.9 Å². The fourth-order valence-electron chi connectivity index (χ4n) is 2.05. The minimum atomic E-state index is 0.164. The molecule has 3 nitrogen and oxygen atoms in total.